The third kappa shape index (κ3) is 6.48. The first kappa shape index (κ1) is 20.1. The average Bonchev–Trinajstić information content (AvgIpc) is 2.73. The van der Waals surface area contributed by atoms with Gasteiger partial charge in [0.2, 0.25) is 0 Å². The molecule has 7 heteroatoms. The predicted octanol–water partition coefficient (Wildman–Crippen LogP) is 4.01. The molecular formula is C22H18ClN3O3. The largest absolute Gasteiger partial charge is 0.457 e. The third-order valence-electron chi connectivity index (χ3n) is 3.74. The van der Waals surface area contributed by atoms with Gasteiger partial charge in [0.1, 0.15) is 11.5 Å². The normalized spacial score (nSPS) is 10.5. The molecule has 3 rings (SSSR count). The molecule has 0 fully saturated rings. The summed E-state index contributed by atoms with van der Waals surface area (Å²) in [6, 6.07) is 23.2. The number of halogens is 1. The second kappa shape index (κ2) is 10.1. The maximum absolute atomic E-state index is 12.0. The number of nitrogens with zero attached hydrogens (tertiary/aromatic N) is 1. The van der Waals surface area contributed by atoms with E-state index in [1.165, 1.54) is 12.3 Å². The van der Waals surface area contributed by atoms with Gasteiger partial charge in [0.05, 0.1) is 12.8 Å². The fourth-order valence-electron chi connectivity index (χ4n) is 2.39. The Labute approximate surface area is 173 Å². The van der Waals surface area contributed by atoms with Crippen LogP contribution in [0, 0.1) is 0 Å². The van der Waals surface area contributed by atoms with Crippen LogP contribution in [0.1, 0.15) is 15.9 Å². The summed E-state index contributed by atoms with van der Waals surface area (Å²) >= 11 is 5.85. The molecule has 6 nitrogen and oxygen atoms in total. The summed E-state index contributed by atoms with van der Waals surface area (Å²) in [5.41, 5.74) is 3.50. The van der Waals surface area contributed by atoms with E-state index in [1.807, 2.05) is 48.5 Å². The van der Waals surface area contributed by atoms with Crippen molar-refractivity contribution in [3.05, 3.63) is 95.0 Å². The van der Waals surface area contributed by atoms with Crippen LogP contribution >= 0.6 is 11.6 Å². The van der Waals surface area contributed by atoms with Crippen molar-refractivity contribution in [2.24, 2.45) is 5.10 Å². The SMILES string of the molecule is O=C(CNC(=O)c1cccc(Cl)c1)N/N=C\c1cccc(Oc2ccccc2)c1. The Morgan fingerprint density at radius 1 is 0.931 bits per heavy atom. The van der Waals surface area contributed by atoms with Crippen LogP contribution in [0.2, 0.25) is 5.02 Å². The molecule has 0 aromatic heterocycles. The number of carbonyl (C=O) groups excluding carboxylic acids is 2. The summed E-state index contributed by atoms with van der Waals surface area (Å²) < 4.78 is 5.76. The molecule has 3 aromatic carbocycles. The van der Waals surface area contributed by atoms with E-state index in [1.54, 1.807) is 24.3 Å². The van der Waals surface area contributed by atoms with Crippen LogP contribution in [-0.4, -0.2) is 24.6 Å². The fourth-order valence-corrected chi connectivity index (χ4v) is 2.58. The molecule has 3 aromatic rings. The van der Waals surface area contributed by atoms with E-state index < -0.39 is 11.8 Å². The van der Waals surface area contributed by atoms with Gasteiger partial charge in [-0.2, -0.15) is 5.10 Å². The van der Waals surface area contributed by atoms with Crippen LogP contribution in [0.3, 0.4) is 0 Å². The molecular weight excluding hydrogens is 390 g/mol. The zero-order valence-electron chi connectivity index (χ0n) is 15.3. The standard InChI is InChI=1S/C22H18ClN3O3/c23-18-8-5-7-17(13-18)22(28)24-15-21(27)26-25-14-16-6-4-11-20(12-16)29-19-9-2-1-3-10-19/h1-14H,15H2,(H,24,28)(H,26,27)/b25-14-. The smallest absolute Gasteiger partial charge is 0.259 e. The zero-order chi connectivity index (χ0) is 20.5. The van der Waals surface area contributed by atoms with Crippen LogP contribution in [0.25, 0.3) is 0 Å². The molecule has 29 heavy (non-hydrogen) atoms. The number of benzene rings is 3. The van der Waals surface area contributed by atoms with Crippen LogP contribution < -0.4 is 15.5 Å². The quantitative estimate of drug-likeness (QED) is 0.458. The molecule has 0 bridgehead atoms. The van der Waals surface area contributed by atoms with Crippen molar-refractivity contribution in [1.29, 1.82) is 0 Å². The van der Waals surface area contributed by atoms with Gasteiger partial charge in [0.15, 0.2) is 0 Å². The van der Waals surface area contributed by atoms with E-state index in [0.29, 0.717) is 16.3 Å². The first-order valence-electron chi connectivity index (χ1n) is 8.79. The van der Waals surface area contributed by atoms with Crippen LogP contribution in [0.4, 0.5) is 0 Å². The monoisotopic (exact) mass is 407 g/mol. The minimum atomic E-state index is -0.451. The van der Waals surface area contributed by atoms with E-state index in [4.69, 9.17) is 16.3 Å². The van der Waals surface area contributed by atoms with Gasteiger partial charge in [-0.1, -0.05) is 48.0 Å². The van der Waals surface area contributed by atoms with Gasteiger partial charge >= 0.3 is 0 Å². The topological polar surface area (TPSA) is 79.8 Å². The Morgan fingerprint density at radius 2 is 1.69 bits per heavy atom. The third-order valence-corrected chi connectivity index (χ3v) is 3.97. The molecule has 0 saturated carbocycles. The van der Waals surface area contributed by atoms with Gasteiger partial charge in [0, 0.05) is 10.6 Å². The van der Waals surface area contributed by atoms with Gasteiger partial charge in [-0.25, -0.2) is 5.43 Å². The highest BCUT2D eigenvalue weighted by Gasteiger charge is 2.07. The summed E-state index contributed by atoms with van der Waals surface area (Å²) in [4.78, 5) is 23.8. The molecule has 0 saturated heterocycles. The highest BCUT2D eigenvalue weighted by molar-refractivity contribution is 6.31. The Balaban J connectivity index is 1.48. The van der Waals surface area contributed by atoms with Crippen molar-refractivity contribution in [3.8, 4) is 11.5 Å². The number of hydrogen-bond donors (Lipinski definition) is 2. The number of nitrogens with one attached hydrogen (secondary N) is 2. The molecule has 0 aliphatic carbocycles. The molecule has 146 valence electrons. The van der Waals surface area contributed by atoms with E-state index in [2.05, 4.69) is 15.8 Å². The van der Waals surface area contributed by atoms with E-state index in [0.717, 1.165) is 11.3 Å². The Bertz CT molecular complexity index is 1020. The molecule has 0 radical (unpaired) electrons. The lowest BCUT2D eigenvalue weighted by molar-refractivity contribution is -0.120. The number of amides is 2. The molecule has 0 atom stereocenters. The highest BCUT2D eigenvalue weighted by Crippen LogP contribution is 2.21. The maximum atomic E-state index is 12.0. The molecule has 0 heterocycles. The van der Waals surface area contributed by atoms with Gasteiger partial charge < -0.3 is 10.1 Å². The first-order chi connectivity index (χ1) is 14.1. The minimum Gasteiger partial charge on any atom is -0.457 e. The first-order valence-corrected chi connectivity index (χ1v) is 9.16. The molecule has 0 unspecified atom stereocenters. The van der Waals surface area contributed by atoms with Crippen LogP contribution in [-0.2, 0) is 4.79 Å². The highest BCUT2D eigenvalue weighted by atomic mass is 35.5. The van der Waals surface area contributed by atoms with Crippen molar-refractivity contribution >= 4 is 29.6 Å². The van der Waals surface area contributed by atoms with E-state index in [9.17, 15) is 9.59 Å². The predicted molar refractivity (Wildman–Crippen MR) is 112 cm³/mol. The van der Waals surface area contributed by atoms with Crippen LogP contribution in [0.5, 0.6) is 11.5 Å². The maximum Gasteiger partial charge on any atom is 0.259 e. The average molecular weight is 408 g/mol. The number of rotatable bonds is 7. The van der Waals surface area contributed by atoms with Crippen molar-refractivity contribution < 1.29 is 14.3 Å². The number of ether oxygens (including phenoxy) is 1. The van der Waals surface area contributed by atoms with Crippen molar-refractivity contribution in [1.82, 2.24) is 10.7 Å². The molecule has 0 aliphatic rings. The summed E-state index contributed by atoms with van der Waals surface area (Å²) in [6.45, 7) is -0.208. The Morgan fingerprint density at radius 3 is 2.48 bits per heavy atom. The lowest BCUT2D eigenvalue weighted by Gasteiger charge is -2.06. The summed E-state index contributed by atoms with van der Waals surface area (Å²) in [5, 5.41) is 6.86. The van der Waals surface area contributed by atoms with E-state index >= 15 is 0 Å². The molecule has 2 amide bonds. The summed E-state index contributed by atoms with van der Waals surface area (Å²) in [7, 11) is 0. The molecule has 2 N–H and O–H groups in total. The summed E-state index contributed by atoms with van der Waals surface area (Å²) in [5.74, 6) is 0.538. The number of carbonyl (C=O) groups is 2. The van der Waals surface area contributed by atoms with Gasteiger partial charge in [-0.15, -0.1) is 0 Å². The summed E-state index contributed by atoms with van der Waals surface area (Å²) in [6.07, 6.45) is 1.49. The Kier molecular flexibility index (Phi) is 6.97. The van der Waals surface area contributed by atoms with Crippen molar-refractivity contribution in [2.45, 2.75) is 0 Å². The van der Waals surface area contributed by atoms with Gasteiger partial charge in [-0.05, 0) is 48.0 Å². The molecule has 0 aliphatic heterocycles. The Hall–Kier alpha value is -3.64. The van der Waals surface area contributed by atoms with E-state index in [-0.39, 0.29) is 6.54 Å². The van der Waals surface area contributed by atoms with Crippen molar-refractivity contribution in [3.63, 3.8) is 0 Å². The number of hydrogen-bond acceptors (Lipinski definition) is 4. The van der Waals surface area contributed by atoms with Crippen molar-refractivity contribution in [2.75, 3.05) is 6.54 Å². The molecule has 0 spiro atoms. The van der Waals surface area contributed by atoms with Crippen LogP contribution in [0.15, 0.2) is 84.0 Å². The van der Waals surface area contributed by atoms with Gasteiger partial charge in [-0.3, -0.25) is 9.59 Å². The number of hydrazone groups is 1. The zero-order valence-corrected chi connectivity index (χ0v) is 16.1. The lowest BCUT2D eigenvalue weighted by Crippen LogP contribution is -2.34. The van der Waals surface area contributed by atoms with Gasteiger partial charge in [0.25, 0.3) is 11.8 Å². The second-order valence-corrected chi connectivity index (χ2v) is 6.41. The fraction of sp³-hybridized carbons (Fsp3) is 0.0455. The number of para-hydroxylation sites is 1. The second-order valence-electron chi connectivity index (χ2n) is 5.97. The minimum absolute atomic E-state index is 0.208. The lowest BCUT2D eigenvalue weighted by atomic mass is 10.2.